The number of aryl methyl sites for hydroxylation is 1. The smallest absolute Gasteiger partial charge is 0.321 e. The summed E-state index contributed by atoms with van der Waals surface area (Å²) in [6, 6.07) is 9.20. The first-order valence-corrected chi connectivity index (χ1v) is 7.11. The lowest BCUT2D eigenvalue weighted by Gasteiger charge is -2.19. The molecule has 0 atom stereocenters. The van der Waals surface area contributed by atoms with Gasteiger partial charge in [0, 0.05) is 36.7 Å². The van der Waals surface area contributed by atoms with Crippen LogP contribution in [-0.2, 0) is 6.42 Å². The molecule has 0 radical (unpaired) electrons. The molecule has 2 rings (SSSR count). The van der Waals surface area contributed by atoms with Crippen molar-refractivity contribution in [2.45, 2.75) is 13.3 Å². The highest BCUT2D eigenvalue weighted by molar-refractivity contribution is 6.31. The van der Waals surface area contributed by atoms with Crippen LogP contribution in [0.5, 0.6) is 0 Å². The molecule has 21 heavy (non-hydrogen) atoms. The predicted molar refractivity (Wildman–Crippen MR) is 85.8 cm³/mol. The van der Waals surface area contributed by atoms with Crippen LogP contribution < -0.4 is 5.32 Å². The zero-order valence-corrected chi connectivity index (χ0v) is 12.9. The first-order chi connectivity index (χ1) is 10.1. The number of benzene rings is 1. The Morgan fingerprint density at radius 1 is 1.29 bits per heavy atom. The summed E-state index contributed by atoms with van der Waals surface area (Å²) in [6.07, 6.45) is 4.30. The van der Waals surface area contributed by atoms with Gasteiger partial charge in [0.2, 0.25) is 0 Å². The molecule has 110 valence electrons. The zero-order valence-electron chi connectivity index (χ0n) is 12.1. The molecule has 0 saturated carbocycles. The summed E-state index contributed by atoms with van der Waals surface area (Å²) in [4.78, 5) is 17.8. The van der Waals surface area contributed by atoms with Gasteiger partial charge in [-0.1, -0.05) is 17.7 Å². The number of hydrogen-bond acceptors (Lipinski definition) is 2. The number of nitrogens with one attached hydrogen (secondary N) is 1. The van der Waals surface area contributed by atoms with Crippen molar-refractivity contribution >= 4 is 23.3 Å². The highest BCUT2D eigenvalue weighted by Gasteiger charge is 2.10. The average Bonchev–Trinajstić information content (AvgIpc) is 2.49. The minimum atomic E-state index is -0.144. The Bertz CT molecular complexity index is 616. The van der Waals surface area contributed by atoms with E-state index in [0.717, 1.165) is 23.2 Å². The molecule has 2 aromatic rings. The maximum atomic E-state index is 12.2. The molecule has 0 spiro atoms. The van der Waals surface area contributed by atoms with Crippen molar-refractivity contribution in [1.29, 1.82) is 0 Å². The summed E-state index contributed by atoms with van der Waals surface area (Å²) in [5, 5.41) is 3.48. The van der Waals surface area contributed by atoms with E-state index in [9.17, 15) is 4.79 Å². The van der Waals surface area contributed by atoms with E-state index >= 15 is 0 Å². The van der Waals surface area contributed by atoms with E-state index in [0.29, 0.717) is 11.6 Å². The largest absolute Gasteiger partial charge is 0.327 e. The van der Waals surface area contributed by atoms with E-state index in [4.69, 9.17) is 11.6 Å². The maximum Gasteiger partial charge on any atom is 0.321 e. The Hall–Kier alpha value is -2.07. The highest BCUT2D eigenvalue weighted by atomic mass is 35.5. The lowest BCUT2D eigenvalue weighted by atomic mass is 10.2. The predicted octanol–water partition coefficient (Wildman–Crippen LogP) is 3.75. The number of urea groups is 1. The number of amides is 2. The molecule has 0 bridgehead atoms. The van der Waals surface area contributed by atoms with Gasteiger partial charge in [-0.2, -0.15) is 0 Å². The molecule has 1 aromatic carbocycles. The summed E-state index contributed by atoms with van der Waals surface area (Å²) < 4.78 is 0. The van der Waals surface area contributed by atoms with Gasteiger partial charge >= 0.3 is 6.03 Å². The third-order valence-corrected chi connectivity index (χ3v) is 3.51. The molecule has 1 heterocycles. The van der Waals surface area contributed by atoms with Crippen molar-refractivity contribution in [2.24, 2.45) is 0 Å². The molecule has 0 aliphatic rings. The topological polar surface area (TPSA) is 45.2 Å². The van der Waals surface area contributed by atoms with Gasteiger partial charge in [-0.25, -0.2) is 4.79 Å². The highest BCUT2D eigenvalue weighted by Crippen LogP contribution is 2.20. The molecule has 2 amide bonds. The van der Waals surface area contributed by atoms with Crippen LogP contribution in [0.3, 0.4) is 0 Å². The van der Waals surface area contributed by atoms with Crippen molar-refractivity contribution in [3.63, 3.8) is 0 Å². The second kappa shape index (κ2) is 7.09. The van der Waals surface area contributed by atoms with Gasteiger partial charge in [-0.05, 0) is 48.7 Å². The van der Waals surface area contributed by atoms with Crippen LogP contribution in [-0.4, -0.2) is 29.5 Å². The van der Waals surface area contributed by atoms with Crippen LogP contribution >= 0.6 is 11.6 Å². The fourth-order valence-electron chi connectivity index (χ4n) is 1.89. The summed E-state index contributed by atoms with van der Waals surface area (Å²) in [5.74, 6) is 0. The number of rotatable bonds is 4. The molecule has 0 saturated heterocycles. The fourth-order valence-corrected chi connectivity index (χ4v) is 2.06. The number of nitrogens with zero attached hydrogens (tertiary/aromatic N) is 2. The van der Waals surface area contributed by atoms with Crippen LogP contribution in [0.2, 0.25) is 5.02 Å². The lowest BCUT2D eigenvalue weighted by Crippen LogP contribution is -2.33. The second-order valence-electron chi connectivity index (χ2n) is 4.92. The summed E-state index contributed by atoms with van der Waals surface area (Å²) >= 11 is 5.95. The Balaban J connectivity index is 1.92. The van der Waals surface area contributed by atoms with Gasteiger partial charge in [-0.15, -0.1) is 0 Å². The van der Waals surface area contributed by atoms with Crippen molar-refractivity contribution in [3.05, 3.63) is 58.9 Å². The van der Waals surface area contributed by atoms with Gasteiger partial charge in [-0.3, -0.25) is 4.98 Å². The first-order valence-electron chi connectivity index (χ1n) is 6.73. The second-order valence-corrected chi connectivity index (χ2v) is 5.35. The third kappa shape index (κ3) is 4.46. The molecule has 4 nitrogen and oxygen atoms in total. The molecule has 0 unspecified atom stereocenters. The first kappa shape index (κ1) is 15.3. The molecule has 1 aromatic heterocycles. The SMILES string of the molecule is Cc1ccc(Cl)cc1NC(=O)N(C)CCc1ccncc1. The maximum absolute atomic E-state index is 12.2. The van der Waals surface area contributed by atoms with Crippen molar-refractivity contribution < 1.29 is 4.79 Å². The monoisotopic (exact) mass is 303 g/mol. The van der Waals surface area contributed by atoms with Gasteiger partial charge in [0.05, 0.1) is 0 Å². The summed E-state index contributed by atoms with van der Waals surface area (Å²) in [5.41, 5.74) is 2.88. The van der Waals surface area contributed by atoms with Crippen LogP contribution in [0.4, 0.5) is 10.5 Å². The van der Waals surface area contributed by atoms with Crippen molar-refractivity contribution in [3.8, 4) is 0 Å². The van der Waals surface area contributed by atoms with Crippen LogP contribution in [0.1, 0.15) is 11.1 Å². The third-order valence-electron chi connectivity index (χ3n) is 3.27. The minimum absolute atomic E-state index is 0.144. The van der Waals surface area contributed by atoms with Crippen LogP contribution in [0.15, 0.2) is 42.7 Å². The lowest BCUT2D eigenvalue weighted by molar-refractivity contribution is 0.223. The number of carbonyl (C=O) groups excluding carboxylic acids is 1. The molecule has 1 N–H and O–H groups in total. The zero-order chi connectivity index (χ0) is 15.2. The van der Waals surface area contributed by atoms with E-state index in [1.165, 1.54) is 0 Å². The summed E-state index contributed by atoms with van der Waals surface area (Å²) in [7, 11) is 1.77. The number of halogens is 1. The molecule has 0 fully saturated rings. The Labute approximate surface area is 129 Å². The van der Waals surface area contributed by atoms with E-state index in [-0.39, 0.29) is 6.03 Å². The van der Waals surface area contributed by atoms with Crippen molar-refractivity contribution in [1.82, 2.24) is 9.88 Å². The molecular weight excluding hydrogens is 286 g/mol. The molecular formula is C16H18ClN3O. The van der Waals surface area contributed by atoms with Gasteiger partial charge < -0.3 is 10.2 Å². The molecule has 5 heteroatoms. The van der Waals surface area contributed by atoms with Gasteiger partial charge in [0.25, 0.3) is 0 Å². The van der Waals surface area contributed by atoms with Crippen LogP contribution in [0.25, 0.3) is 0 Å². The number of anilines is 1. The number of carbonyl (C=O) groups is 1. The Morgan fingerprint density at radius 3 is 2.71 bits per heavy atom. The Morgan fingerprint density at radius 2 is 2.00 bits per heavy atom. The van der Waals surface area contributed by atoms with E-state index in [2.05, 4.69) is 10.3 Å². The van der Waals surface area contributed by atoms with Crippen LogP contribution in [0, 0.1) is 6.92 Å². The fraction of sp³-hybridized carbons (Fsp3) is 0.250. The van der Waals surface area contributed by atoms with Gasteiger partial charge in [0.15, 0.2) is 0 Å². The summed E-state index contributed by atoms with van der Waals surface area (Å²) in [6.45, 7) is 2.57. The van der Waals surface area contributed by atoms with E-state index in [1.54, 1.807) is 36.5 Å². The number of aromatic nitrogens is 1. The van der Waals surface area contributed by atoms with Gasteiger partial charge in [0.1, 0.15) is 0 Å². The van der Waals surface area contributed by atoms with E-state index < -0.39 is 0 Å². The Kier molecular flexibility index (Phi) is 5.17. The normalized spacial score (nSPS) is 10.2. The average molecular weight is 304 g/mol. The standard InChI is InChI=1S/C16H18ClN3O/c1-12-3-4-14(17)11-15(12)19-16(21)20(2)10-7-13-5-8-18-9-6-13/h3-6,8-9,11H,7,10H2,1-2H3,(H,19,21). The number of hydrogen-bond donors (Lipinski definition) is 1. The number of likely N-dealkylation sites (N-methyl/N-ethyl adjacent to an activating group) is 1. The minimum Gasteiger partial charge on any atom is -0.327 e. The van der Waals surface area contributed by atoms with E-state index in [1.807, 2.05) is 25.1 Å². The quantitative estimate of drug-likeness (QED) is 0.935. The number of pyridine rings is 1. The van der Waals surface area contributed by atoms with Crippen molar-refractivity contribution in [2.75, 3.05) is 18.9 Å². The molecule has 0 aliphatic carbocycles. The molecule has 0 aliphatic heterocycles.